The van der Waals surface area contributed by atoms with Gasteiger partial charge in [-0.3, -0.25) is 0 Å². The predicted octanol–water partition coefficient (Wildman–Crippen LogP) is 2.01. The lowest BCUT2D eigenvalue weighted by atomic mass is 10.1. The highest BCUT2D eigenvalue weighted by Gasteiger charge is 2.17. The van der Waals surface area contributed by atoms with Crippen LogP contribution in [0.1, 0.15) is 10.4 Å². The number of rotatable bonds is 3. The van der Waals surface area contributed by atoms with Crippen molar-refractivity contribution in [2.24, 2.45) is 0 Å². The van der Waals surface area contributed by atoms with E-state index in [9.17, 15) is 14.7 Å². The minimum absolute atomic E-state index is 0.0170. The number of benzene rings is 2. The molecule has 4 rings (SSSR count). The first kappa shape index (κ1) is 14.9. The first-order valence-corrected chi connectivity index (χ1v) is 7.53. The Morgan fingerprint density at radius 1 is 1.04 bits per heavy atom. The highest BCUT2D eigenvalue weighted by atomic mass is 16.4. The number of nitrogens with zero attached hydrogens (tertiary/aromatic N) is 2. The third-order valence-corrected chi connectivity index (χ3v) is 3.85. The molecule has 2 heterocycles. The summed E-state index contributed by atoms with van der Waals surface area (Å²) in [5, 5.41) is 16.5. The van der Waals surface area contributed by atoms with E-state index >= 15 is 0 Å². The molecule has 0 spiro atoms. The number of carboxylic acid groups (broad SMARTS) is 1. The van der Waals surface area contributed by atoms with Crippen LogP contribution in [0, 0.1) is 0 Å². The lowest BCUT2D eigenvalue weighted by Gasteiger charge is -2.03. The maximum absolute atomic E-state index is 12.3. The quantitative estimate of drug-likeness (QED) is 0.536. The molecule has 0 aliphatic rings. The van der Waals surface area contributed by atoms with E-state index in [1.165, 1.54) is 10.9 Å². The molecule has 6 nitrogen and oxygen atoms in total. The summed E-state index contributed by atoms with van der Waals surface area (Å²) in [5.41, 5.74) is 0.358. The highest BCUT2D eigenvalue weighted by molar-refractivity contribution is 5.94. The number of carbonyl (C=O) groups excluding carboxylic acids is 1. The summed E-state index contributed by atoms with van der Waals surface area (Å²) in [6.07, 6.45) is 1.33. The van der Waals surface area contributed by atoms with Crippen LogP contribution in [0.4, 0.5) is 0 Å². The van der Waals surface area contributed by atoms with E-state index in [1.54, 1.807) is 54.6 Å². The molecule has 4 aromatic rings. The number of carboxylic acids is 1. The molecule has 0 N–H and O–H groups in total. The molecular formula is C19H11N2O4-. The maximum Gasteiger partial charge on any atom is 0.345 e. The number of para-hydroxylation sites is 2. The van der Waals surface area contributed by atoms with Crippen molar-refractivity contribution < 1.29 is 14.3 Å². The Morgan fingerprint density at radius 2 is 1.76 bits per heavy atom. The van der Waals surface area contributed by atoms with Gasteiger partial charge in [0.05, 0.1) is 17.2 Å². The summed E-state index contributed by atoms with van der Waals surface area (Å²) < 4.78 is 6.68. The van der Waals surface area contributed by atoms with Crippen molar-refractivity contribution in [2.75, 3.05) is 0 Å². The van der Waals surface area contributed by atoms with Gasteiger partial charge in [-0.1, -0.05) is 36.4 Å². The van der Waals surface area contributed by atoms with Gasteiger partial charge in [0.25, 0.3) is 0 Å². The van der Waals surface area contributed by atoms with Gasteiger partial charge in [0.1, 0.15) is 11.3 Å². The van der Waals surface area contributed by atoms with Crippen molar-refractivity contribution in [3.8, 4) is 16.9 Å². The fourth-order valence-electron chi connectivity index (χ4n) is 2.66. The summed E-state index contributed by atoms with van der Waals surface area (Å²) in [6.45, 7) is 0. The molecule has 0 radical (unpaired) electrons. The topological polar surface area (TPSA) is 88.2 Å². The fraction of sp³-hybridized carbons (Fsp3) is 0. The molecule has 0 bridgehead atoms. The number of aromatic carboxylic acids is 1. The molecule has 6 heteroatoms. The van der Waals surface area contributed by atoms with Gasteiger partial charge in [-0.05, 0) is 24.3 Å². The molecule has 2 aromatic carbocycles. The molecule has 2 aromatic heterocycles. The third-order valence-electron chi connectivity index (χ3n) is 3.85. The van der Waals surface area contributed by atoms with Gasteiger partial charge in [-0.2, -0.15) is 5.10 Å². The Bertz CT molecular complexity index is 1140. The second kappa shape index (κ2) is 5.76. The Hall–Kier alpha value is -3.67. The van der Waals surface area contributed by atoms with E-state index in [1.807, 2.05) is 6.07 Å². The molecule has 0 saturated heterocycles. The summed E-state index contributed by atoms with van der Waals surface area (Å²) in [6, 6.07) is 17.6. The number of aromatic nitrogens is 2. The van der Waals surface area contributed by atoms with E-state index in [0.29, 0.717) is 16.7 Å². The summed E-state index contributed by atoms with van der Waals surface area (Å²) in [7, 11) is 0. The van der Waals surface area contributed by atoms with Gasteiger partial charge >= 0.3 is 5.63 Å². The number of fused-ring (bicyclic) bond motifs is 1. The van der Waals surface area contributed by atoms with Crippen LogP contribution in [-0.2, 0) is 0 Å². The second-order valence-electron chi connectivity index (χ2n) is 5.44. The molecule has 0 unspecified atom stereocenters. The lowest BCUT2D eigenvalue weighted by molar-refractivity contribution is -0.254. The maximum atomic E-state index is 12.3. The van der Waals surface area contributed by atoms with E-state index in [0.717, 1.165) is 0 Å². The van der Waals surface area contributed by atoms with Crippen LogP contribution in [0.3, 0.4) is 0 Å². The molecule has 0 fully saturated rings. The molecule has 0 atom stereocenters. The normalized spacial score (nSPS) is 10.9. The van der Waals surface area contributed by atoms with E-state index in [2.05, 4.69) is 5.10 Å². The van der Waals surface area contributed by atoms with Gasteiger partial charge in [0.2, 0.25) is 0 Å². The SMILES string of the molecule is O=C([O-])c1cn(-c2ccccc2)nc1-c1cc2ccccc2oc1=O. The fourth-order valence-corrected chi connectivity index (χ4v) is 2.66. The first-order chi connectivity index (χ1) is 12.1. The van der Waals surface area contributed by atoms with Gasteiger partial charge in [-0.25, -0.2) is 9.48 Å². The zero-order chi connectivity index (χ0) is 17.4. The van der Waals surface area contributed by atoms with Crippen LogP contribution in [-0.4, -0.2) is 15.7 Å². The summed E-state index contributed by atoms with van der Waals surface area (Å²) >= 11 is 0. The van der Waals surface area contributed by atoms with Gasteiger partial charge in [0.15, 0.2) is 0 Å². The second-order valence-corrected chi connectivity index (χ2v) is 5.44. The lowest BCUT2D eigenvalue weighted by Crippen LogP contribution is -2.23. The average Bonchev–Trinajstić information content (AvgIpc) is 3.07. The summed E-state index contributed by atoms with van der Waals surface area (Å²) in [5.74, 6) is -1.41. The average molecular weight is 331 g/mol. The van der Waals surface area contributed by atoms with Crippen LogP contribution in [0.15, 0.2) is 76.1 Å². The molecule has 0 aliphatic heterocycles. The van der Waals surface area contributed by atoms with Crippen LogP contribution < -0.4 is 10.7 Å². The van der Waals surface area contributed by atoms with Gasteiger partial charge in [0, 0.05) is 17.1 Å². The zero-order valence-corrected chi connectivity index (χ0v) is 12.9. The minimum atomic E-state index is -1.41. The number of hydrogen-bond acceptors (Lipinski definition) is 5. The van der Waals surface area contributed by atoms with E-state index < -0.39 is 11.6 Å². The molecule has 0 aliphatic carbocycles. The van der Waals surface area contributed by atoms with Crippen LogP contribution >= 0.6 is 0 Å². The monoisotopic (exact) mass is 331 g/mol. The molecule has 25 heavy (non-hydrogen) atoms. The van der Waals surface area contributed by atoms with E-state index in [4.69, 9.17) is 4.42 Å². The van der Waals surface area contributed by atoms with Crippen LogP contribution in [0.2, 0.25) is 0 Å². The Kier molecular flexibility index (Phi) is 3.43. The molecule has 0 amide bonds. The largest absolute Gasteiger partial charge is 0.545 e. The van der Waals surface area contributed by atoms with Gasteiger partial charge < -0.3 is 14.3 Å². The molecular weight excluding hydrogens is 320 g/mol. The van der Waals surface area contributed by atoms with Crippen molar-refractivity contribution in [1.82, 2.24) is 9.78 Å². The Morgan fingerprint density at radius 3 is 2.52 bits per heavy atom. The Labute approximate surface area is 141 Å². The molecule has 122 valence electrons. The number of hydrogen-bond donors (Lipinski definition) is 0. The third kappa shape index (κ3) is 2.59. The van der Waals surface area contributed by atoms with E-state index in [-0.39, 0.29) is 16.8 Å². The molecule has 0 saturated carbocycles. The number of carbonyl (C=O) groups is 1. The van der Waals surface area contributed by atoms with Crippen molar-refractivity contribution in [1.29, 1.82) is 0 Å². The van der Waals surface area contributed by atoms with Crippen molar-refractivity contribution in [3.63, 3.8) is 0 Å². The standard InChI is InChI=1S/C19H12N2O4/c22-18(23)15-11-21(13-7-2-1-3-8-13)20-17(15)14-10-12-6-4-5-9-16(12)25-19(14)24/h1-11H,(H,22,23)/p-1. The minimum Gasteiger partial charge on any atom is -0.545 e. The van der Waals surface area contributed by atoms with Crippen molar-refractivity contribution in [2.45, 2.75) is 0 Å². The first-order valence-electron chi connectivity index (χ1n) is 7.53. The van der Waals surface area contributed by atoms with Crippen LogP contribution in [0.5, 0.6) is 0 Å². The smallest absolute Gasteiger partial charge is 0.345 e. The Balaban J connectivity index is 1.96. The predicted molar refractivity (Wildman–Crippen MR) is 89.4 cm³/mol. The van der Waals surface area contributed by atoms with Gasteiger partial charge in [-0.15, -0.1) is 0 Å². The highest BCUT2D eigenvalue weighted by Crippen LogP contribution is 2.24. The van der Waals surface area contributed by atoms with Crippen LogP contribution in [0.25, 0.3) is 27.9 Å². The summed E-state index contributed by atoms with van der Waals surface area (Å²) in [4.78, 5) is 23.8. The zero-order valence-electron chi connectivity index (χ0n) is 12.9. The van der Waals surface area contributed by atoms with Crippen molar-refractivity contribution >= 4 is 16.9 Å². The van der Waals surface area contributed by atoms with Crippen molar-refractivity contribution in [3.05, 3.63) is 82.8 Å².